The molecule has 0 saturated carbocycles. The van der Waals surface area contributed by atoms with Crippen molar-refractivity contribution in [3.63, 3.8) is 0 Å². The van der Waals surface area contributed by atoms with Crippen molar-refractivity contribution in [1.29, 1.82) is 0 Å². The highest BCUT2D eigenvalue weighted by Gasteiger charge is 2.04. The Morgan fingerprint density at radius 3 is 2.38 bits per heavy atom. The van der Waals surface area contributed by atoms with Gasteiger partial charge in [-0.2, -0.15) is 0 Å². The fourth-order valence-electron chi connectivity index (χ4n) is 0.752. The van der Waals surface area contributed by atoms with Crippen LogP contribution in [-0.4, -0.2) is 23.7 Å². The third-order valence-corrected chi connectivity index (χ3v) is 1.80. The Labute approximate surface area is 94.9 Å². The van der Waals surface area contributed by atoms with E-state index in [-0.39, 0.29) is 12.2 Å². The summed E-state index contributed by atoms with van der Waals surface area (Å²) in [5.74, 6) is -1.47. The van der Waals surface area contributed by atoms with Crippen molar-refractivity contribution in [2.24, 2.45) is 0 Å². The molecule has 0 radical (unpaired) electrons. The number of carboxylic acid groups (broad SMARTS) is 1. The van der Waals surface area contributed by atoms with Gasteiger partial charge in [-0.05, 0) is 26.8 Å². The van der Waals surface area contributed by atoms with E-state index in [1.807, 2.05) is 6.92 Å². The number of carbonyl (C=O) groups excluding carboxylic acids is 1. The minimum Gasteiger partial charge on any atom is -0.478 e. The quantitative estimate of drug-likeness (QED) is 0.441. The summed E-state index contributed by atoms with van der Waals surface area (Å²) in [6.45, 7) is 4.89. The highest BCUT2D eigenvalue weighted by molar-refractivity contribution is 5.88. The van der Waals surface area contributed by atoms with Crippen LogP contribution in [-0.2, 0) is 14.3 Å². The van der Waals surface area contributed by atoms with Gasteiger partial charge in [0.05, 0.1) is 0 Å². The lowest BCUT2D eigenvalue weighted by molar-refractivity contribution is -0.138. The standard InChI is InChI=1S/C12H16O4/c1-4-5-6-10(3)12(15)16-8-7-9(2)11(13)14/h4-7H,8H2,1-3H3,(H,13,14). The van der Waals surface area contributed by atoms with Crippen LogP contribution >= 0.6 is 0 Å². The molecule has 0 amide bonds. The second-order valence-corrected chi connectivity index (χ2v) is 3.17. The summed E-state index contributed by atoms with van der Waals surface area (Å²) in [6.07, 6.45) is 6.51. The van der Waals surface area contributed by atoms with Gasteiger partial charge in [-0.15, -0.1) is 0 Å². The molecule has 88 valence electrons. The molecule has 0 aliphatic carbocycles. The normalized spacial score (nSPS) is 12.9. The number of hydrogen-bond donors (Lipinski definition) is 1. The first-order valence-electron chi connectivity index (χ1n) is 4.85. The van der Waals surface area contributed by atoms with Crippen molar-refractivity contribution >= 4 is 11.9 Å². The van der Waals surface area contributed by atoms with Gasteiger partial charge in [0.25, 0.3) is 0 Å². The van der Waals surface area contributed by atoms with E-state index in [1.165, 1.54) is 13.0 Å². The van der Waals surface area contributed by atoms with Gasteiger partial charge in [0.2, 0.25) is 0 Å². The highest BCUT2D eigenvalue weighted by atomic mass is 16.5. The summed E-state index contributed by atoms with van der Waals surface area (Å²) in [5.41, 5.74) is 0.627. The average Bonchev–Trinajstić information content (AvgIpc) is 2.25. The maximum Gasteiger partial charge on any atom is 0.334 e. The van der Waals surface area contributed by atoms with Gasteiger partial charge in [-0.1, -0.05) is 18.2 Å². The first kappa shape index (κ1) is 14.2. The fourth-order valence-corrected chi connectivity index (χ4v) is 0.752. The highest BCUT2D eigenvalue weighted by Crippen LogP contribution is 1.99. The van der Waals surface area contributed by atoms with E-state index < -0.39 is 11.9 Å². The summed E-state index contributed by atoms with van der Waals surface area (Å²) >= 11 is 0. The van der Waals surface area contributed by atoms with Crippen LogP contribution in [0.1, 0.15) is 20.8 Å². The average molecular weight is 224 g/mol. The summed E-state index contributed by atoms with van der Waals surface area (Å²) in [5, 5.41) is 8.54. The molecule has 0 bridgehead atoms. The van der Waals surface area contributed by atoms with Crippen LogP contribution in [0.5, 0.6) is 0 Å². The molecule has 0 heterocycles. The van der Waals surface area contributed by atoms with E-state index >= 15 is 0 Å². The molecule has 4 heteroatoms. The molecular formula is C12H16O4. The van der Waals surface area contributed by atoms with Crippen LogP contribution in [0, 0.1) is 0 Å². The maximum atomic E-state index is 11.3. The van der Waals surface area contributed by atoms with Gasteiger partial charge < -0.3 is 9.84 Å². The lowest BCUT2D eigenvalue weighted by Crippen LogP contribution is -2.07. The Morgan fingerprint density at radius 1 is 1.25 bits per heavy atom. The number of aliphatic carboxylic acids is 1. The van der Waals surface area contributed by atoms with Crippen LogP contribution in [0.3, 0.4) is 0 Å². The Hall–Kier alpha value is -1.84. The summed E-state index contributed by atoms with van der Waals surface area (Å²) < 4.78 is 4.84. The van der Waals surface area contributed by atoms with E-state index in [0.29, 0.717) is 5.57 Å². The second kappa shape index (κ2) is 7.45. The molecule has 0 fully saturated rings. The Balaban J connectivity index is 4.18. The predicted octanol–water partition coefficient (Wildman–Crippen LogP) is 2.08. The van der Waals surface area contributed by atoms with Gasteiger partial charge in [-0.3, -0.25) is 0 Å². The number of hydrogen-bond acceptors (Lipinski definition) is 3. The molecule has 0 saturated heterocycles. The topological polar surface area (TPSA) is 63.6 Å². The van der Waals surface area contributed by atoms with Gasteiger partial charge in [0.1, 0.15) is 6.61 Å². The number of rotatable bonds is 5. The molecule has 0 aromatic carbocycles. The largest absolute Gasteiger partial charge is 0.478 e. The minimum atomic E-state index is -1.02. The number of esters is 1. The first-order valence-corrected chi connectivity index (χ1v) is 4.85. The van der Waals surface area contributed by atoms with Crippen molar-refractivity contribution in [3.05, 3.63) is 35.5 Å². The number of ether oxygens (including phenoxy) is 1. The molecule has 16 heavy (non-hydrogen) atoms. The third-order valence-electron chi connectivity index (χ3n) is 1.80. The van der Waals surface area contributed by atoms with Gasteiger partial charge in [-0.25, -0.2) is 9.59 Å². The van der Waals surface area contributed by atoms with Crippen LogP contribution in [0.15, 0.2) is 35.5 Å². The molecule has 1 N–H and O–H groups in total. The van der Waals surface area contributed by atoms with Crippen LogP contribution < -0.4 is 0 Å². The Bertz CT molecular complexity index is 348. The maximum absolute atomic E-state index is 11.3. The SMILES string of the molecule is CC=CC=C(C)C(=O)OCC=C(C)C(=O)O. The van der Waals surface area contributed by atoms with Gasteiger partial charge >= 0.3 is 11.9 Å². The zero-order chi connectivity index (χ0) is 12.6. The lowest BCUT2D eigenvalue weighted by Gasteiger charge is -2.01. The molecule has 4 nitrogen and oxygen atoms in total. The second-order valence-electron chi connectivity index (χ2n) is 3.17. The molecule has 0 rings (SSSR count). The minimum absolute atomic E-state index is 0.0298. The van der Waals surface area contributed by atoms with Crippen molar-refractivity contribution in [2.45, 2.75) is 20.8 Å². The summed E-state index contributed by atoms with van der Waals surface area (Å²) in [6, 6.07) is 0. The molecule has 0 aliphatic rings. The van der Waals surface area contributed by atoms with E-state index in [2.05, 4.69) is 0 Å². The molecule has 0 aliphatic heterocycles. The third kappa shape index (κ3) is 5.80. The monoisotopic (exact) mass is 224 g/mol. The van der Waals surface area contributed by atoms with Crippen LogP contribution in [0.2, 0.25) is 0 Å². The van der Waals surface area contributed by atoms with Crippen molar-refractivity contribution in [3.8, 4) is 0 Å². The van der Waals surface area contributed by atoms with Crippen molar-refractivity contribution in [2.75, 3.05) is 6.61 Å². The fraction of sp³-hybridized carbons (Fsp3) is 0.333. The summed E-state index contributed by atoms with van der Waals surface area (Å²) in [4.78, 5) is 21.7. The zero-order valence-electron chi connectivity index (χ0n) is 9.69. The molecule has 0 aromatic heterocycles. The number of carbonyl (C=O) groups is 2. The van der Waals surface area contributed by atoms with Crippen molar-refractivity contribution in [1.82, 2.24) is 0 Å². The lowest BCUT2D eigenvalue weighted by atomic mass is 10.2. The van der Waals surface area contributed by atoms with Crippen LogP contribution in [0.4, 0.5) is 0 Å². The molecular weight excluding hydrogens is 208 g/mol. The van der Waals surface area contributed by atoms with E-state index in [1.54, 1.807) is 25.2 Å². The van der Waals surface area contributed by atoms with Crippen molar-refractivity contribution < 1.29 is 19.4 Å². The van der Waals surface area contributed by atoms with Crippen LogP contribution in [0.25, 0.3) is 0 Å². The molecule has 0 aromatic rings. The predicted molar refractivity (Wildman–Crippen MR) is 60.9 cm³/mol. The number of allylic oxidation sites excluding steroid dienone is 3. The molecule has 0 unspecified atom stereocenters. The number of carboxylic acids is 1. The first-order chi connectivity index (χ1) is 7.49. The smallest absolute Gasteiger partial charge is 0.334 e. The van der Waals surface area contributed by atoms with Gasteiger partial charge in [0.15, 0.2) is 0 Å². The molecule has 0 spiro atoms. The van der Waals surface area contributed by atoms with E-state index in [9.17, 15) is 9.59 Å². The van der Waals surface area contributed by atoms with E-state index in [0.717, 1.165) is 0 Å². The zero-order valence-corrected chi connectivity index (χ0v) is 9.69. The van der Waals surface area contributed by atoms with E-state index in [4.69, 9.17) is 9.84 Å². The molecule has 0 atom stereocenters. The Morgan fingerprint density at radius 2 is 1.88 bits per heavy atom. The van der Waals surface area contributed by atoms with Gasteiger partial charge in [0, 0.05) is 11.1 Å². The Kier molecular flexibility index (Phi) is 6.59. The summed E-state index contributed by atoms with van der Waals surface area (Å²) in [7, 11) is 0.